The van der Waals surface area contributed by atoms with Crippen LogP contribution in [-0.4, -0.2) is 26.6 Å². The van der Waals surface area contributed by atoms with Crippen molar-refractivity contribution in [3.8, 4) is 0 Å². The van der Waals surface area contributed by atoms with Crippen LogP contribution in [0.2, 0.25) is 0 Å². The van der Waals surface area contributed by atoms with E-state index in [4.69, 9.17) is 0 Å². The zero-order valence-corrected chi connectivity index (χ0v) is 13.4. The minimum atomic E-state index is -0.292. The van der Waals surface area contributed by atoms with Crippen LogP contribution >= 0.6 is 15.9 Å². The summed E-state index contributed by atoms with van der Waals surface area (Å²) < 4.78 is 2.39. The third kappa shape index (κ3) is 2.87. The summed E-state index contributed by atoms with van der Waals surface area (Å²) in [6.07, 6.45) is 0. The Morgan fingerprint density at radius 2 is 1.95 bits per heavy atom. The third-order valence-corrected chi connectivity index (χ3v) is 4.14. The van der Waals surface area contributed by atoms with Crippen LogP contribution in [-0.2, 0) is 6.54 Å². The summed E-state index contributed by atoms with van der Waals surface area (Å²) in [6.45, 7) is 5.86. The van der Waals surface area contributed by atoms with Crippen molar-refractivity contribution in [2.45, 2.75) is 27.3 Å². The lowest BCUT2D eigenvalue weighted by Gasteiger charge is -2.12. The number of aromatic nitrogens is 4. The smallest absolute Gasteiger partial charge is 0.348 e. The predicted octanol–water partition coefficient (Wildman–Crippen LogP) is 1.81. The van der Waals surface area contributed by atoms with Gasteiger partial charge in [-0.3, -0.25) is 4.57 Å². The molecule has 2 aromatic heterocycles. The Kier molecular flexibility index (Phi) is 4.17. The first-order valence-electron chi connectivity index (χ1n) is 6.18. The molecule has 0 atom stereocenters. The Morgan fingerprint density at radius 1 is 1.25 bits per heavy atom. The largest absolute Gasteiger partial charge is 0.373 e. The fourth-order valence-electron chi connectivity index (χ4n) is 1.93. The van der Waals surface area contributed by atoms with Crippen LogP contribution in [0.3, 0.4) is 0 Å². The number of anilines is 1. The molecule has 2 heterocycles. The summed E-state index contributed by atoms with van der Waals surface area (Å²) in [7, 11) is 1.80. The minimum absolute atomic E-state index is 0.292. The van der Waals surface area contributed by atoms with Crippen molar-refractivity contribution < 1.29 is 0 Å². The van der Waals surface area contributed by atoms with Crippen LogP contribution in [0.15, 0.2) is 15.3 Å². The van der Waals surface area contributed by atoms with E-state index in [2.05, 4.69) is 36.2 Å². The van der Waals surface area contributed by atoms with Gasteiger partial charge in [0.25, 0.3) is 0 Å². The molecule has 0 saturated heterocycles. The highest BCUT2D eigenvalue weighted by atomic mass is 79.9. The number of hydrogen-bond acceptors (Lipinski definition) is 5. The molecule has 6 nitrogen and oxygen atoms in total. The lowest BCUT2D eigenvalue weighted by molar-refractivity contribution is 0.658. The van der Waals surface area contributed by atoms with Gasteiger partial charge in [0.2, 0.25) is 0 Å². The number of rotatable bonds is 3. The van der Waals surface area contributed by atoms with Gasteiger partial charge in [0, 0.05) is 24.5 Å². The average Bonchev–Trinajstić information content (AvgIpc) is 2.40. The minimum Gasteiger partial charge on any atom is -0.373 e. The van der Waals surface area contributed by atoms with Gasteiger partial charge in [0.05, 0.1) is 16.7 Å². The maximum atomic E-state index is 12.0. The van der Waals surface area contributed by atoms with Crippen molar-refractivity contribution in [2.75, 3.05) is 12.4 Å². The van der Waals surface area contributed by atoms with Crippen molar-refractivity contribution >= 4 is 21.7 Å². The summed E-state index contributed by atoms with van der Waals surface area (Å²) in [6, 6.07) is 1.85. The topological polar surface area (TPSA) is 72.7 Å². The van der Waals surface area contributed by atoms with E-state index in [1.165, 1.54) is 0 Å². The fraction of sp³-hybridized carbons (Fsp3) is 0.385. The maximum absolute atomic E-state index is 12.0. The van der Waals surface area contributed by atoms with E-state index in [1.54, 1.807) is 18.5 Å². The Labute approximate surface area is 125 Å². The molecule has 0 amide bonds. The van der Waals surface area contributed by atoms with Gasteiger partial charge in [-0.1, -0.05) is 0 Å². The van der Waals surface area contributed by atoms with Crippen molar-refractivity contribution in [1.29, 1.82) is 0 Å². The molecule has 0 spiro atoms. The summed E-state index contributed by atoms with van der Waals surface area (Å²) in [5.74, 6) is 1.31. The van der Waals surface area contributed by atoms with E-state index < -0.39 is 0 Å². The molecule has 2 aromatic rings. The molecule has 0 radical (unpaired) electrons. The zero-order valence-electron chi connectivity index (χ0n) is 11.9. The normalized spacial score (nSPS) is 10.7. The lowest BCUT2D eigenvalue weighted by atomic mass is 10.3. The highest BCUT2D eigenvalue weighted by Gasteiger charge is 2.11. The van der Waals surface area contributed by atoms with E-state index >= 15 is 0 Å². The maximum Gasteiger partial charge on any atom is 0.348 e. The van der Waals surface area contributed by atoms with Crippen LogP contribution in [0.25, 0.3) is 0 Å². The first-order valence-corrected chi connectivity index (χ1v) is 6.97. The first-order chi connectivity index (χ1) is 9.42. The summed E-state index contributed by atoms with van der Waals surface area (Å²) in [5, 5.41) is 2.98. The van der Waals surface area contributed by atoms with Gasteiger partial charge in [0.1, 0.15) is 5.82 Å². The molecule has 1 N–H and O–H groups in total. The van der Waals surface area contributed by atoms with Gasteiger partial charge in [-0.15, -0.1) is 0 Å². The van der Waals surface area contributed by atoms with Crippen molar-refractivity contribution in [2.24, 2.45) is 0 Å². The second-order valence-corrected chi connectivity index (χ2v) is 5.32. The molecular formula is C13H16BrN5O. The molecule has 20 heavy (non-hydrogen) atoms. The van der Waals surface area contributed by atoms with Gasteiger partial charge in [-0.25, -0.2) is 14.8 Å². The second-order valence-electron chi connectivity index (χ2n) is 4.53. The number of hydrogen-bond donors (Lipinski definition) is 1. The van der Waals surface area contributed by atoms with Gasteiger partial charge in [-0.2, -0.15) is 4.98 Å². The highest BCUT2D eigenvalue weighted by Crippen LogP contribution is 2.17. The molecule has 7 heteroatoms. The first kappa shape index (κ1) is 14.6. The zero-order chi connectivity index (χ0) is 14.9. The third-order valence-electron chi connectivity index (χ3n) is 2.99. The molecule has 0 saturated carbocycles. The van der Waals surface area contributed by atoms with Crippen LogP contribution in [0.5, 0.6) is 0 Å². The van der Waals surface area contributed by atoms with Crippen LogP contribution in [0.1, 0.15) is 22.9 Å². The van der Waals surface area contributed by atoms with Crippen molar-refractivity contribution in [3.05, 3.63) is 43.9 Å². The van der Waals surface area contributed by atoms with Crippen LogP contribution in [0, 0.1) is 20.8 Å². The predicted molar refractivity (Wildman–Crippen MR) is 81.1 cm³/mol. The van der Waals surface area contributed by atoms with Gasteiger partial charge in [-0.05, 0) is 36.7 Å². The molecule has 106 valence electrons. The number of nitrogens with zero attached hydrogens (tertiary/aromatic N) is 4. The van der Waals surface area contributed by atoms with Crippen LogP contribution < -0.4 is 11.0 Å². The quantitative estimate of drug-likeness (QED) is 0.924. The SMILES string of the molecule is CNc1cc(C)nc(Cn2c(C)c(Br)c(C)nc2=O)n1. The molecular weight excluding hydrogens is 322 g/mol. The van der Waals surface area contributed by atoms with E-state index in [1.807, 2.05) is 19.9 Å². The van der Waals surface area contributed by atoms with E-state index in [0.717, 1.165) is 21.7 Å². The van der Waals surface area contributed by atoms with Gasteiger partial charge in [0.15, 0.2) is 5.82 Å². The molecule has 0 aliphatic carbocycles. The Morgan fingerprint density at radius 3 is 2.60 bits per heavy atom. The highest BCUT2D eigenvalue weighted by molar-refractivity contribution is 9.10. The standard InChI is InChI=1S/C13H16BrN5O/c1-7-5-10(15-4)18-11(16-7)6-19-9(3)12(14)8(2)17-13(19)20/h5H,6H2,1-4H3,(H,15,16,18). The summed E-state index contributed by atoms with van der Waals surface area (Å²) in [5.41, 5.74) is 2.06. The molecule has 2 rings (SSSR count). The average molecular weight is 338 g/mol. The van der Waals surface area contributed by atoms with Gasteiger partial charge >= 0.3 is 5.69 Å². The fourth-order valence-corrected chi connectivity index (χ4v) is 2.24. The molecule has 0 bridgehead atoms. The Bertz CT molecular complexity index is 711. The van der Waals surface area contributed by atoms with Crippen molar-refractivity contribution in [1.82, 2.24) is 19.5 Å². The van der Waals surface area contributed by atoms with Gasteiger partial charge < -0.3 is 5.32 Å². The van der Waals surface area contributed by atoms with Crippen LogP contribution in [0.4, 0.5) is 5.82 Å². The van der Waals surface area contributed by atoms with E-state index in [-0.39, 0.29) is 5.69 Å². The molecule has 0 aromatic carbocycles. The number of aryl methyl sites for hydroxylation is 2. The molecule has 0 fully saturated rings. The lowest BCUT2D eigenvalue weighted by Crippen LogP contribution is -2.27. The number of nitrogens with one attached hydrogen (secondary N) is 1. The monoisotopic (exact) mass is 337 g/mol. The Balaban J connectivity index is 2.48. The summed E-state index contributed by atoms with van der Waals surface area (Å²) in [4.78, 5) is 24.7. The molecule has 0 aliphatic rings. The molecule has 0 aliphatic heterocycles. The van der Waals surface area contributed by atoms with E-state index in [0.29, 0.717) is 18.1 Å². The molecule has 0 unspecified atom stereocenters. The summed E-state index contributed by atoms with van der Waals surface area (Å²) >= 11 is 3.44. The number of halogens is 1. The van der Waals surface area contributed by atoms with E-state index in [9.17, 15) is 4.79 Å². The Hall–Kier alpha value is -1.76. The second kappa shape index (κ2) is 5.70. The van der Waals surface area contributed by atoms with Crippen molar-refractivity contribution in [3.63, 3.8) is 0 Å².